The van der Waals surface area contributed by atoms with Crippen LogP contribution in [0.25, 0.3) is 11.1 Å². The zero-order valence-electron chi connectivity index (χ0n) is 47.3. The Bertz CT molecular complexity index is 3110. The van der Waals surface area contributed by atoms with Crippen molar-refractivity contribution in [3.63, 3.8) is 0 Å². The summed E-state index contributed by atoms with van der Waals surface area (Å²) in [5.74, 6) is 6.03. The molecule has 8 heterocycles. The molecule has 0 aliphatic carbocycles. The van der Waals surface area contributed by atoms with Crippen LogP contribution in [0.4, 0.5) is 0 Å². The van der Waals surface area contributed by atoms with Gasteiger partial charge in [-0.15, -0.1) is 47.0 Å². The van der Waals surface area contributed by atoms with Crippen LogP contribution in [0.15, 0.2) is 184 Å². The van der Waals surface area contributed by atoms with Crippen molar-refractivity contribution in [2.24, 2.45) is 0 Å². The predicted molar refractivity (Wildman–Crippen MR) is 351 cm³/mol. The lowest BCUT2D eigenvalue weighted by atomic mass is 9.85. The second kappa shape index (κ2) is 32.4. The smallest absolute Gasteiger partial charge is 0.160 e. The molecular formula is C66H68O12S8. The van der Waals surface area contributed by atoms with E-state index in [1.54, 1.807) is 92.4 Å². The molecule has 4 aliphatic rings. The van der Waals surface area contributed by atoms with Crippen molar-refractivity contribution in [3.05, 3.63) is 187 Å². The van der Waals surface area contributed by atoms with Crippen LogP contribution < -0.4 is 18.9 Å². The maximum Gasteiger partial charge on any atom is 0.160 e. The summed E-state index contributed by atoms with van der Waals surface area (Å²) in [5.41, 5.74) is 6.02. The van der Waals surface area contributed by atoms with Gasteiger partial charge in [-0.05, 0) is 128 Å². The molecule has 0 saturated carbocycles. The van der Waals surface area contributed by atoms with Gasteiger partial charge in [-0.2, -0.15) is 45.3 Å². The van der Waals surface area contributed by atoms with Gasteiger partial charge >= 0.3 is 0 Å². The third-order valence-electron chi connectivity index (χ3n) is 14.1. The molecule has 20 heteroatoms. The average molecular weight is 1310 g/mol. The monoisotopic (exact) mass is 1310 g/mol. The fourth-order valence-corrected chi connectivity index (χ4v) is 16.0. The fraction of sp³-hybridized carbons (Fsp3) is 0.364. The van der Waals surface area contributed by atoms with E-state index in [0.29, 0.717) is 52.9 Å². The lowest BCUT2D eigenvalue weighted by Gasteiger charge is -2.30. The predicted octanol–water partition coefficient (Wildman–Crippen LogP) is 15.1. The number of rotatable bonds is 39. The first-order valence-electron chi connectivity index (χ1n) is 28.8. The van der Waals surface area contributed by atoms with Crippen LogP contribution in [-0.2, 0) is 37.9 Å². The van der Waals surface area contributed by atoms with E-state index in [9.17, 15) is 0 Å². The molecule has 0 amide bonds. The van der Waals surface area contributed by atoms with E-state index in [1.165, 1.54) is 19.6 Å². The lowest BCUT2D eigenvalue weighted by Crippen LogP contribution is -2.37. The highest BCUT2D eigenvalue weighted by Gasteiger charge is 2.29. The average Bonchev–Trinajstić information content (AvgIpc) is 2.04. The number of epoxide rings is 3. The normalized spacial score (nSPS) is 19.0. The summed E-state index contributed by atoms with van der Waals surface area (Å²) in [7, 11) is 0. The molecule has 4 aromatic carbocycles. The molecule has 0 bridgehead atoms. The Morgan fingerprint density at radius 1 is 0.384 bits per heavy atom. The third kappa shape index (κ3) is 19.8. The summed E-state index contributed by atoms with van der Waals surface area (Å²) < 4.78 is 73.8. The van der Waals surface area contributed by atoms with Crippen LogP contribution in [0.3, 0.4) is 0 Å². The van der Waals surface area contributed by atoms with E-state index in [2.05, 4.69) is 164 Å². The molecule has 452 valence electrons. The van der Waals surface area contributed by atoms with Crippen LogP contribution in [0.5, 0.6) is 23.0 Å². The second-order valence-electron chi connectivity index (χ2n) is 20.8. The van der Waals surface area contributed by atoms with Crippen molar-refractivity contribution in [1.29, 1.82) is 0 Å². The van der Waals surface area contributed by atoms with Crippen molar-refractivity contribution in [2.75, 3.05) is 95.7 Å². The first kappa shape index (κ1) is 61.9. The highest BCUT2D eigenvalue weighted by molar-refractivity contribution is 8.00. The summed E-state index contributed by atoms with van der Waals surface area (Å²) in [6.07, 6.45) is 0.610. The Hall–Kier alpha value is -4.30. The van der Waals surface area contributed by atoms with E-state index in [1.807, 2.05) is 0 Å². The van der Waals surface area contributed by atoms with Gasteiger partial charge in [0.25, 0.3) is 0 Å². The largest absolute Gasteiger partial charge is 0.491 e. The van der Waals surface area contributed by atoms with Crippen LogP contribution in [0.2, 0.25) is 0 Å². The van der Waals surface area contributed by atoms with E-state index in [0.717, 1.165) is 106 Å². The van der Waals surface area contributed by atoms with Gasteiger partial charge in [0, 0.05) is 70.5 Å². The zero-order chi connectivity index (χ0) is 58.0. The standard InChI is InChI=1S/C66H68O12S8/c1-9-49(68-33-56(75-30-53-27-72-53)37-83-60-18-23-79-41-60)10-2-45(1)65(46-3-11-50(12-4-46)69-34-57(76-31-54-28-73-54)38-84-61-19-24-80-42-61)66(47-5-13-51(14-6-47)70-35-58(77-32-55-29-74-55)39-85-62-20-25-81-43-62)48-7-15-52(16-8-48)71-36-59(78-64-17-22-67-64)40-86-63-21-26-82-44-63/h1-16,18-21,23-26,41-44,53-59,64H,17,22,27-40H2. The van der Waals surface area contributed by atoms with Crippen molar-refractivity contribution in [3.8, 4) is 23.0 Å². The highest BCUT2D eigenvalue weighted by Crippen LogP contribution is 2.40. The molecular weight excluding hydrogens is 1240 g/mol. The molecule has 0 radical (unpaired) electrons. The quantitative estimate of drug-likeness (QED) is 0.0206. The van der Waals surface area contributed by atoms with Gasteiger partial charge in [-0.25, -0.2) is 0 Å². The van der Waals surface area contributed by atoms with Gasteiger partial charge in [0.1, 0.15) is 92.2 Å². The molecule has 8 aromatic rings. The first-order valence-corrected chi connectivity index (χ1v) is 36.5. The molecule has 12 rings (SSSR count). The van der Waals surface area contributed by atoms with Gasteiger partial charge in [0.05, 0.1) is 46.2 Å². The number of benzene rings is 4. The number of hydrogen-bond donors (Lipinski definition) is 0. The molecule has 86 heavy (non-hydrogen) atoms. The molecule has 4 saturated heterocycles. The molecule has 0 N–H and O–H groups in total. The Morgan fingerprint density at radius 2 is 0.663 bits per heavy atom. The van der Waals surface area contributed by atoms with Crippen molar-refractivity contribution in [2.45, 2.75) is 75.0 Å². The van der Waals surface area contributed by atoms with Gasteiger partial charge in [0.2, 0.25) is 0 Å². The van der Waals surface area contributed by atoms with Crippen LogP contribution in [0, 0.1) is 0 Å². The number of thiophene rings is 4. The Kier molecular flexibility index (Phi) is 23.4. The van der Waals surface area contributed by atoms with E-state index in [-0.39, 0.29) is 49.0 Å². The highest BCUT2D eigenvalue weighted by atomic mass is 32.2. The Morgan fingerprint density at radius 3 is 0.907 bits per heavy atom. The minimum absolute atomic E-state index is 0.125. The molecule has 4 aliphatic heterocycles. The zero-order valence-corrected chi connectivity index (χ0v) is 53.8. The summed E-state index contributed by atoms with van der Waals surface area (Å²) in [4.78, 5) is 4.91. The van der Waals surface area contributed by atoms with Crippen molar-refractivity contribution < 1.29 is 56.8 Å². The molecule has 8 unspecified atom stereocenters. The Balaban J connectivity index is 0.840. The first-order chi connectivity index (χ1) is 42.5. The van der Waals surface area contributed by atoms with Gasteiger partial charge in [-0.1, -0.05) is 48.5 Å². The third-order valence-corrected chi connectivity index (χ3v) is 21.9. The maximum absolute atomic E-state index is 6.54. The van der Waals surface area contributed by atoms with Gasteiger partial charge < -0.3 is 56.8 Å². The SMILES string of the molecule is c1cc(SCC(COc2ccc(C(=C(c3ccc(OCC(CSc4ccsc4)OCC4CO4)cc3)c3ccc(OCC(CSc4ccsc4)OC4CCO4)cc3)c3ccc(OCC(CSc4ccsc4)OCC4CO4)cc3)cc2)OCC2CO2)cs1. The molecule has 0 spiro atoms. The number of hydrogen-bond acceptors (Lipinski definition) is 20. The lowest BCUT2D eigenvalue weighted by molar-refractivity contribution is -0.235. The Labute approximate surface area is 536 Å². The topological polar surface area (TPSA) is 121 Å². The molecule has 4 fully saturated rings. The summed E-state index contributed by atoms with van der Waals surface area (Å²) in [5, 5.41) is 17.1. The van der Waals surface area contributed by atoms with Crippen molar-refractivity contribution >= 4 is 104 Å². The van der Waals surface area contributed by atoms with Crippen LogP contribution in [0.1, 0.15) is 28.7 Å². The van der Waals surface area contributed by atoms with Crippen molar-refractivity contribution in [1.82, 2.24) is 0 Å². The van der Waals surface area contributed by atoms with Crippen LogP contribution >= 0.6 is 92.4 Å². The maximum atomic E-state index is 6.54. The molecule has 12 nitrogen and oxygen atoms in total. The molecule has 4 aromatic heterocycles. The summed E-state index contributed by atoms with van der Waals surface area (Å²) in [6.45, 7) is 6.17. The minimum atomic E-state index is -0.205. The number of thioether (sulfide) groups is 4. The van der Waals surface area contributed by atoms with E-state index >= 15 is 0 Å². The van der Waals surface area contributed by atoms with Gasteiger partial charge in [0.15, 0.2) is 6.29 Å². The summed E-state index contributed by atoms with van der Waals surface area (Å²) in [6, 6.07) is 42.2. The summed E-state index contributed by atoms with van der Waals surface area (Å²) >= 11 is 13.9. The molecule has 8 atom stereocenters. The second-order valence-corrected chi connectivity index (χ2v) is 28.2. The van der Waals surface area contributed by atoms with Crippen LogP contribution in [-0.4, -0.2) is 145 Å². The number of ether oxygens (including phenoxy) is 12. The van der Waals surface area contributed by atoms with E-state index < -0.39 is 0 Å². The van der Waals surface area contributed by atoms with E-state index in [4.69, 9.17) is 56.8 Å². The van der Waals surface area contributed by atoms with Gasteiger partial charge in [-0.3, -0.25) is 0 Å². The minimum Gasteiger partial charge on any atom is -0.491 e. The fourth-order valence-electron chi connectivity index (χ4n) is 8.95.